The normalized spacial score (nSPS) is 29.2. The maximum absolute atomic E-state index is 11.1. The lowest BCUT2D eigenvalue weighted by atomic mass is 9.78. The van der Waals surface area contributed by atoms with Crippen LogP contribution in [0.1, 0.15) is 25.7 Å². The smallest absolute Gasteiger partial charge is 0.309 e. The van der Waals surface area contributed by atoms with Gasteiger partial charge in [-0.15, -0.1) is 6.58 Å². The summed E-state index contributed by atoms with van der Waals surface area (Å²) in [6, 6.07) is 0. The SMILES string of the molecule is C=CCC1(C(=O)O)CCCNCC1. The molecule has 2 N–H and O–H groups in total. The van der Waals surface area contributed by atoms with Gasteiger partial charge in [0.1, 0.15) is 0 Å². The highest BCUT2D eigenvalue weighted by Crippen LogP contribution is 2.33. The van der Waals surface area contributed by atoms with Crippen molar-refractivity contribution >= 4 is 5.97 Å². The van der Waals surface area contributed by atoms with Gasteiger partial charge in [-0.05, 0) is 38.8 Å². The van der Waals surface area contributed by atoms with E-state index in [2.05, 4.69) is 11.9 Å². The first-order valence-corrected chi connectivity index (χ1v) is 4.76. The maximum Gasteiger partial charge on any atom is 0.309 e. The van der Waals surface area contributed by atoms with E-state index >= 15 is 0 Å². The number of aliphatic carboxylic acids is 1. The van der Waals surface area contributed by atoms with E-state index in [-0.39, 0.29) is 0 Å². The Hall–Kier alpha value is -0.830. The number of allylic oxidation sites excluding steroid dienone is 1. The Morgan fingerprint density at radius 3 is 2.92 bits per heavy atom. The quantitative estimate of drug-likeness (QED) is 0.650. The van der Waals surface area contributed by atoms with Gasteiger partial charge in [0.2, 0.25) is 0 Å². The monoisotopic (exact) mass is 183 g/mol. The Morgan fingerprint density at radius 1 is 1.54 bits per heavy atom. The minimum Gasteiger partial charge on any atom is -0.481 e. The van der Waals surface area contributed by atoms with Crippen molar-refractivity contribution in [3.63, 3.8) is 0 Å². The Kier molecular flexibility index (Phi) is 3.48. The molecule has 0 aromatic heterocycles. The molecule has 1 fully saturated rings. The highest BCUT2D eigenvalue weighted by molar-refractivity contribution is 5.74. The molecule has 0 amide bonds. The van der Waals surface area contributed by atoms with Crippen molar-refractivity contribution in [2.24, 2.45) is 5.41 Å². The van der Waals surface area contributed by atoms with E-state index in [1.54, 1.807) is 6.08 Å². The summed E-state index contributed by atoms with van der Waals surface area (Å²) in [5.74, 6) is -0.670. The van der Waals surface area contributed by atoms with Crippen LogP contribution in [0.25, 0.3) is 0 Å². The summed E-state index contributed by atoms with van der Waals surface area (Å²) in [5, 5.41) is 12.4. The number of carboxylic acid groups (broad SMARTS) is 1. The zero-order valence-corrected chi connectivity index (χ0v) is 7.88. The van der Waals surface area contributed by atoms with E-state index in [4.69, 9.17) is 5.11 Å². The third-order valence-corrected chi connectivity index (χ3v) is 2.78. The van der Waals surface area contributed by atoms with Crippen molar-refractivity contribution in [2.45, 2.75) is 25.7 Å². The number of hydrogen-bond donors (Lipinski definition) is 2. The largest absolute Gasteiger partial charge is 0.481 e. The highest BCUT2D eigenvalue weighted by Gasteiger charge is 2.37. The summed E-state index contributed by atoms with van der Waals surface area (Å²) in [6.45, 7) is 5.37. The third kappa shape index (κ3) is 2.31. The molecule has 0 aromatic carbocycles. The van der Waals surface area contributed by atoms with Crippen LogP contribution in [0, 0.1) is 5.41 Å². The van der Waals surface area contributed by atoms with Gasteiger partial charge >= 0.3 is 5.97 Å². The topological polar surface area (TPSA) is 49.3 Å². The van der Waals surface area contributed by atoms with E-state index in [0.29, 0.717) is 12.8 Å². The van der Waals surface area contributed by atoms with E-state index in [1.807, 2.05) is 0 Å². The fourth-order valence-electron chi connectivity index (χ4n) is 1.91. The molecule has 1 aliphatic rings. The zero-order chi connectivity index (χ0) is 9.73. The molecule has 0 radical (unpaired) electrons. The minimum absolute atomic E-state index is 0.550. The first-order chi connectivity index (χ1) is 6.21. The van der Waals surface area contributed by atoms with Gasteiger partial charge in [0.05, 0.1) is 5.41 Å². The summed E-state index contributed by atoms with van der Waals surface area (Å²) >= 11 is 0. The predicted molar refractivity (Wildman–Crippen MR) is 51.6 cm³/mol. The zero-order valence-electron chi connectivity index (χ0n) is 7.88. The molecule has 1 atom stereocenters. The molecule has 0 aromatic rings. The molecule has 0 bridgehead atoms. The summed E-state index contributed by atoms with van der Waals surface area (Å²) in [5.41, 5.74) is -0.550. The molecular weight excluding hydrogens is 166 g/mol. The molecule has 1 rings (SSSR count). The third-order valence-electron chi connectivity index (χ3n) is 2.78. The fourth-order valence-corrected chi connectivity index (χ4v) is 1.91. The molecule has 1 saturated heterocycles. The molecule has 1 heterocycles. The molecule has 0 saturated carbocycles. The average molecular weight is 183 g/mol. The van der Waals surface area contributed by atoms with Crippen LogP contribution < -0.4 is 5.32 Å². The number of carboxylic acids is 1. The number of nitrogens with one attached hydrogen (secondary N) is 1. The van der Waals surface area contributed by atoms with E-state index in [1.165, 1.54) is 0 Å². The predicted octanol–water partition coefficient (Wildman–Crippen LogP) is 1.41. The van der Waals surface area contributed by atoms with Crippen molar-refractivity contribution in [1.82, 2.24) is 5.32 Å². The number of carbonyl (C=O) groups is 1. The van der Waals surface area contributed by atoms with Crippen LogP contribution in [0.2, 0.25) is 0 Å². The van der Waals surface area contributed by atoms with Crippen LogP contribution in [0.4, 0.5) is 0 Å². The van der Waals surface area contributed by atoms with Gasteiger partial charge in [-0.2, -0.15) is 0 Å². The Balaban J connectivity index is 2.73. The number of hydrogen-bond acceptors (Lipinski definition) is 2. The van der Waals surface area contributed by atoms with Gasteiger partial charge in [0.25, 0.3) is 0 Å². The highest BCUT2D eigenvalue weighted by atomic mass is 16.4. The van der Waals surface area contributed by atoms with Crippen LogP contribution in [-0.2, 0) is 4.79 Å². The molecule has 0 spiro atoms. The lowest BCUT2D eigenvalue weighted by molar-refractivity contribution is -0.149. The van der Waals surface area contributed by atoms with Gasteiger partial charge < -0.3 is 10.4 Å². The minimum atomic E-state index is -0.670. The average Bonchev–Trinajstić information content (AvgIpc) is 2.31. The summed E-state index contributed by atoms with van der Waals surface area (Å²) in [7, 11) is 0. The second kappa shape index (κ2) is 4.42. The molecule has 1 aliphatic heterocycles. The fraction of sp³-hybridized carbons (Fsp3) is 0.700. The van der Waals surface area contributed by atoms with Gasteiger partial charge in [0.15, 0.2) is 0 Å². The van der Waals surface area contributed by atoms with Crippen molar-refractivity contribution in [3.05, 3.63) is 12.7 Å². The van der Waals surface area contributed by atoms with Gasteiger partial charge in [-0.25, -0.2) is 0 Å². The maximum atomic E-state index is 11.1. The standard InChI is InChI=1S/C10H17NO2/c1-2-4-10(9(12)13)5-3-7-11-8-6-10/h2,11H,1,3-8H2,(H,12,13). The Labute approximate surface area is 78.8 Å². The van der Waals surface area contributed by atoms with Crippen molar-refractivity contribution in [1.29, 1.82) is 0 Å². The van der Waals surface area contributed by atoms with Crippen LogP contribution in [-0.4, -0.2) is 24.2 Å². The van der Waals surface area contributed by atoms with Crippen LogP contribution >= 0.6 is 0 Å². The molecule has 3 nitrogen and oxygen atoms in total. The second-order valence-electron chi connectivity index (χ2n) is 3.68. The first-order valence-electron chi connectivity index (χ1n) is 4.76. The Morgan fingerprint density at radius 2 is 2.31 bits per heavy atom. The lowest BCUT2D eigenvalue weighted by Crippen LogP contribution is -2.31. The molecule has 0 aliphatic carbocycles. The second-order valence-corrected chi connectivity index (χ2v) is 3.68. The number of rotatable bonds is 3. The van der Waals surface area contributed by atoms with Crippen LogP contribution in [0.15, 0.2) is 12.7 Å². The van der Waals surface area contributed by atoms with Gasteiger partial charge in [-0.1, -0.05) is 6.08 Å². The molecule has 1 unspecified atom stereocenters. The van der Waals surface area contributed by atoms with E-state index < -0.39 is 11.4 Å². The summed E-state index contributed by atoms with van der Waals surface area (Å²) in [4.78, 5) is 11.1. The van der Waals surface area contributed by atoms with E-state index in [0.717, 1.165) is 25.9 Å². The van der Waals surface area contributed by atoms with E-state index in [9.17, 15) is 4.79 Å². The lowest BCUT2D eigenvalue weighted by Gasteiger charge is -2.25. The van der Waals surface area contributed by atoms with Crippen LogP contribution in [0.3, 0.4) is 0 Å². The summed E-state index contributed by atoms with van der Waals surface area (Å²) < 4.78 is 0. The van der Waals surface area contributed by atoms with Crippen molar-refractivity contribution in [2.75, 3.05) is 13.1 Å². The molecule has 3 heteroatoms. The van der Waals surface area contributed by atoms with Crippen molar-refractivity contribution < 1.29 is 9.90 Å². The summed E-state index contributed by atoms with van der Waals surface area (Å²) in [6.07, 6.45) is 4.74. The molecule has 13 heavy (non-hydrogen) atoms. The molecular formula is C10H17NO2. The van der Waals surface area contributed by atoms with Gasteiger partial charge in [-0.3, -0.25) is 4.79 Å². The van der Waals surface area contributed by atoms with Gasteiger partial charge in [0, 0.05) is 0 Å². The molecule has 74 valence electrons. The van der Waals surface area contributed by atoms with Crippen LogP contribution in [0.5, 0.6) is 0 Å². The Bertz CT molecular complexity index is 193. The first kappa shape index (κ1) is 10.3. The van der Waals surface area contributed by atoms with Crippen molar-refractivity contribution in [3.8, 4) is 0 Å².